The third-order valence-corrected chi connectivity index (χ3v) is 2.95. The van der Waals surface area contributed by atoms with Gasteiger partial charge in [0.05, 0.1) is 14.5 Å². The van der Waals surface area contributed by atoms with Crippen LogP contribution in [-0.2, 0) is 0 Å². The molecule has 0 aliphatic rings. The second-order valence-corrected chi connectivity index (χ2v) is 3.34. The second kappa shape index (κ2) is 2.99. The summed E-state index contributed by atoms with van der Waals surface area (Å²) < 4.78 is 0.654. The lowest BCUT2D eigenvalue weighted by atomic mass is 10.3. The Kier molecular flexibility index (Phi) is 2.45. The molecule has 0 spiro atoms. The Hall–Kier alpha value is 0.0800. The summed E-state index contributed by atoms with van der Waals surface area (Å²) in [6.07, 6.45) is 0. The zero-order valence-corrected chi connectivity index (χ0v) is 7.96. The minimum atomic E-state index is 0.460. The first kappa shape index (κ1) is 8.18. The van der Waals surface area contributed by atoms with Gasteiger partial charge in [-0.3, -0.25) is 0 Å². The maximum atomic E-state index is 5.72. The van der Waals surface area contributed by atoms with Gasteiger partial charge < -0.3 is 5.73 Å². The summed E-state index contributed by atoms with van der Waals surface area (Å²) in [5, 5.41) is 0.962. The summed E-state index contributed by atoms with van der Waals surface area (Å²) in [6, 6.07) is 3.35. The zero-order chi connectivity index (χ0) is 7.72. The van der Waals surface area contributed by atoms with E-state index in [1.807, 2.05) is 0 Å². The van der Waals surface area contributed by atoms with Crippen LogP contribution in [0, 0.1) is 0 Å². The summed E-state index contributed by atoms with van der Waals surface area (Å²) in [4.78, 5) is 0. The molecule has 4 heteroatoms. The highest BCUT2D eigenvalue weighted by Gasteiger charge is 2.04. The highest BCUT2D eigenvalue weighted by Crippen LogP contribution is 2.33. The van der Waals surface area contributed by atoms with Crippen molar-refractivity contribution in [3.63, 3.8) is 0 Å². The molecule has 0 radical (unpaired) electrons. The number of halogens is 3. The fourth-order valence-corrected chi connectivity index (χ4v) is 1.33. The number of hydrogen-bond acceptors (Lipinski definition) is 1. The molecular weight excluding hydrogens is 237 g/mol. The average molecular weight is 241 g/mol. The van der Waals surface area contributed by atoms with Crippen molar-refractivity contribution in [1.29, 1.82) is 0 Å². The van der Waals surface area contributed by atoms with E-state index in [-0.39, 0.29) is 0 Å². The third kappa shape index (κ3) is 1.39. The van der Waals surface area contributed by atoms with Gasteiger partial charge in [-0.1, -0.05) is 23.2 Å². The monoisotopic (exact) mass is 239 g/mol. The molecule has 0 aliphatic carbocycles. The van der Waals surface area contributed by atoms with Crippen LogP contribution in [0.5, 0.6) is 0 Å². The quantitative estimate of drug-likeness (QED) is 0.547. The van der Waals surface area contributed by atoms with Crippen LogP contribution in [0.15, 0.2) is 16.6 Å². The lowest BCUT2D eigenvalue weighted by molar-refractivity contribution is 1.63. The zero-order valence-electron chi connectivity index (χ0n) is 4.87. The topological polar surface area (TPSA) is 26.0 Å². The van der Waals surface area contributed by atoms with Gasteiger partial charge in [-0.25, -0.2) is 0 Å². The Bertz CT molecular complexity index is 235. The van der Waals surface area contributed by atoms with Gasteiger partial charge >= 0.3 is 0 Å². The fraction of sp³-hybridized carbons (Fsp3) is 0. The van der Waals surface area contributed by atoms with Crippen molar-refractivity contribution >= 4 is 44.8 Å². The van der Waals surface area contributed by atoms with Crippen LogP contribution in [0.3, 0.4) is 0 Å². The third-order valence-electron chi connectivity index (χ3n) is 1.07. The number of benzene rings is 1. The van der Waals surface area contributed by atoms with E-state index in [0.29, 0.717) is 20.2 Å². The van der Waals surface area contributed by atoms with Crippen LogP contribution < -0.4 is 5.73 Å². The highest BCUT2D eigenvalue weighted by atomic mass is 79.9. The number of hydrogen-bond donors (Lipinski definition) is 1. The van der Waals surface area contributed by atoms with Crippen LogP contribution in [0.4, 0.5) is 5.69 Å². The van der Waals surface area contributed by atoms with Crippen LogP contribution in [-0.4, -0.2) is 0 Å². The molecule has 1 aromatic carbocycles. The Labute approximate surface area is 77.2 Å². The minimum Gasteiger partial charge on any atom is -0.398 e. The maximum absolute atomic E-state index is 5.72. The summed E-state index contributed by atoms with van der Waals surface area (Å²) in [6.45, 7) is 0. The molecule has 10 heavy (non-hydrogen) atoms. The summed E-state index contributed by atoms with van der Waals surface area (Å²) in [5.41, 5.74) is 6.09. The number of nitrogens with two attached hydrogens (primary N) is 1. The first-order valence-corrected chi connectivity index (χ1v) is 4.07. The van der Waals surface area contributed by atoms with Gasteiger partial charge in [0.25, 0.3) is 0 Å². The molecule has 0 unspecified atom stereocenters. The van der Waals surface area contributed by atoms with Gasteiger partial charge in [-0.05, 0) is 28.1 Å². The first-order valence-electron chi connectivity index (χ1n) is 2.52. The van der Waals surface area contributed by atoms with Crippen molar-refractivity contribution in [3.05, 3.63) is 26.7 Å². The molecular formula is C6H4BrCl2N. The molecule has 0 amide bonds. The molecule has 0 heterocycles. The predicted molar refractivity (Wildman–Crippen MR) is 48.6 cm³/mol. The molecule has 0 saturated carbocycles. The normalized spacial score (nSPS) is 9.90. The van der Waals surface area contributed by atoms with Crippen LogP contribution in [0.1, 0.15) is 0 Å². The summed E-state index contributed by atoms with van der Waals surface area (Å²) >= 11 is 14.6. The summed E-state index contributed by atoms with van der Waals surface area (Å²) in [5.74, 6) is 0. The smallest absolute Gasteiger partial charge is 0.0755 e. The van der Waals surface area contributed by atoms with Crippen LogP contribution in [0.2, 0.25) is 10.0 Å². The Morgan fingerprint density at radius 3 is 2.40 bits per heavy atom. The van der Waals surface area contributed by atoms with Crippen molar-refractivity contribution in [2.24, 2.45) is 0 Å². The van der Waals surface area contributed by atoms with E-state index in [4.69, 9.17) is 28.9 Å². The molecule has 0 saturated heterocycles. The molecule has 0 atom stereocenters. The predicted octanol–water partition coefficient (Wildman–Crippen LogP) is 3.34. The SMILES string of the molecule is Nc1ccc(Cl)c(Cl)c1Br. The molecule has 0 fully saturated rings. The lowest BCUT2D eigenvalue weighted by Gasteiger charge is -2.00. The van der Waals surface area contributed by atoms with Crippen molar-refractivity contribution in [2.75, 3.05) is 5.73 Å². The minimum absolute atomic E-state index is 0.460. The molecule has 54 valence electrons. The van der Waals surface area contributed by atoms with E-state index in [2.05, 4.69) is 15.9 Å². The Balaban J connectivity index is 3.34. The van der Waals surface area contributed by atoms with Crippen molar-refractivity contribution < 1.29 is 0 Å². The van der Waals surface area contributed by atoms with Gasteiger partial charge in [0.2, 0.25) is 0 Å². The first-order chi connectivity index (χ1) is 4.63. The standard InChI is InChI=1S/C6H4BrCl2N/c7-5-4(10)2-1-3(8)6(5)9/h1-2H,10H2. The molecule has 1 rings (SSSR count). The van der Waals surface area contributed by atoms with Gasteiger partial charge in [0.15, 0.2) is 0 Å². The number of anilines is 1. The van der Waals surface area contributed by atoms with E-state index in [0.717, 1.165) is 0 Å². The number of nitrogen functional groups attached to an aromatic ring is 1. The average Bonchev–Trinajstić information content (AvgIpc) is 1.93. The molecule has 1 nitrogen and oxygen atoms in total. The van der Waals surface area contributed by atoms with E-state index in [9.17, 15) is 0 Å². The van der Waals surface area contributed by atoms with E-state index >= 15 is 0 Å². The van der Waals surface area contributed by atoms with Gasteiger partial charge in [0, 0.05) is 5.69 Å². The molecule has 0 aliphatic heterocycles. The summed E-state index contributed by atoms with van der Waals surface area (Å²) in [7, 11) is 0. The van der Waals surface area contributed by atoms with Crippen LogP contribution >= 0.6 is 39.1 Å². The molecule has 0 bridgehead atoms. The van der Waals surface area contributed by atoms with E-state index in [1.165, 1.54) is 0 Å². The molecule has 2 N–H and O–H groups in total. The van der Waals surface area contributed by atoms with Crippen LogP contribution in [0.25, 0.3) is 0 Å². The Morgan fingerprint density at radius 2 is 1.90 bits per heavy atom. The van der Waals surface area contributed by atoms with Crippen molar-refractivity contribution in [3.8, 4) is 0 Å². The van der Waals surface area contributed by atoms with Crippen molar-refractivity contribution in [1.82, 2.24) is 0 Å². The van der Waals surface area contributed by atoms with E-state index in [1.54, 1.807) is 12.1 Å². The Morgan fingerprint density at radius 1 is 1.30 bits per heavy atom. The largest absolute Gasteiger partial charge is 0.398 e. The molecule has 0 aromatic heterocycles. The van der Waals surface area contributed by atoms with E-state index < -0.39 is 0 Å². The lowest BCUT2D eigenvalue weighted by Crippen LogP contribution is -1.86. The van der Waals surface area contributed by atoms with Gasteiger partial charge in [-0.2, -0.15) is 0 Å². The maximum Gasteiger partial charge on any atom is 0.0755 e. The fourth-order valence-electron chi connectivity index (χ4n) is 0.541. The van der Waals surface area contributed by atoms with Crippen molar-refractivity contribution in [2.45, 2.75) is 0 Å². The highest BCUT2D eigenvalue weighted by molar-refractivity contribution is 9.10. The number of rotatable bonds is 0. The van der Waals surface area contributed by atoms with Gasteiger partial charge in [-0.15, -0.1) is 0 Å². The van der Waals surface area contributed by atoms with Gasteiger partial charge in [0.1, 0.15) is 0 Å². The molecule has 1 aromatic rings. The second-order valence-electron chi connectivity index (χ2n) is 1.76.